The standard InChI is InChI=1S/C14H5N3O8/c18-13-6-3-1-2-4-7(6)14(19)10-8(13)5-9(15(20)21)11(16(22)23)12(10)17(24)25/h1-5H. The van der Waals surface area contributed by atoms with Crippen LogP contribution in [0.5, 0.6) is 0 Å². The summed E-state index contributed by atoms with van der Waals surface area (Å²) in [5, 5.41) is 33.6. The zero-order valence-electron chi connectivity index (χ0n) is 12.0. The summed E-state index contributed by atoms with van der Waals surface area (Å²) in [5.41, 5.74) is -5.69. The molecule has 0 unspecified atom stereocenters. The van der Waals surface area contributed by atoms with Crippen molar-refractivity contribution in [1.29, 1.82) is 0 Å². The molecule has 0 aromatic heterocycles. The van der Waals surface area contributed by atoms with Gasteiger partial charge >= 0.3 is 17.1 Å². The minimum absolute atomic E-state index is 0.0857. The number of nitrogens with zero attached hydrogens (tertiary/aromatic N) is 3. The van der Waals surface area contributed by atoms with Crippen molar-refractivity contribution in [3.63, 3.8) is 0 Å². The van der Waals surface area contributed by atoms with Crippen LogP contribution in [0.3, 0.4) is 0 Å². The SMILES string of the molecule is O=C1c2ccccc2C(=O)c2c1cc([N+](=O)[O-])c([N+](=O)[O-])c2[N+](=O)[O-]. The fourth-order valence-corrected chi connectivity index (χ4v) is 2.71. The molecular formula is C14H5N3O8. The van der Waals surface area contributed by atoms with Crippen molar-refractivity contribution < 1.29 is 24.4 Å². The molecule has 0 N–H and O–H groups in total. The van der Waals surface area contributed by atoms with Crippen molar-refractivity contribution in [2.45, 2.75) is 0 Å². The van der Waals surface area contributed by atoms with E-state index in [9.17, 15) is 39.9 Å². The molecule has 0 bridgehead atoms. The van der Waals surface area contributed by atoms with E-state index in [1.54, 1.807) is 0 Å². The summed E-state index contributed by atoms with van der Waals surface area (Å²) in [4.78, 5) is 55.0. The second-order valence-electron chi connectivity index (χ2n) is 4.99. The molecule has 124 valence electrons. The molecule has 11 heteroatoms. The molecule has 0 aliphatic heterocycles. The van der Waals surface area contributed by atoms with Crippen molar-refractivity contribution in [2.24, 2.45) is 0 Å². The number of carbonyl (C=O) groups excluding carboxylic acids is 2. The van der Waals surface area contributed by atoms with E-state index in [0.717, 1.165) is 0 Å². The summed E-state index contributed by atoms with van der Waals surface area (Å²) in [6.45, 7) is 0. The van der Waals surface area contributed by atoms with Gasteiger partial charge in [-0.2, -0.15) is 0 Å². The van der Waals surface area contributed by atoms with Crippen LogP contribution in [0.1, 0.15) is 31.8 Å². The molecule has 2 aromatic carbocycles. The average molecular weight is 343 g/mol. The highest BCUT2D eigenvalue weighted by Crippen LogP contribution is 2.44. The minimum atomic E-state index is -1.44. The van der Waals surface area contributed by atoms with E-state index in [-0.39, 0.29) is 11.1 Å². The lowest BCUT2D eigenvalue weighted by Crippen LogP contribution is -2.23. The highest BCUT2D eigenvalue weighted by atomic mass is 16.6. The van der Waals surface area contributed by atoms with E-state index in [4.69, 9.17) is 0 Å². The molecule has 11 nitrogen and oxygen atoms in total. The third-order valence-electron chi connectivity index (χ3n) is 3.70. The number of hydrogen-bond donors (Lipinski definition) is 0. The average Bonchev–Trinajstić information content (AvgIpc) is 2.57. The van der Waals surface area contributed by atoms with Crippen LogP contribution < -0.4 is 0 Å². The van der Waals surface area contributed by atoms with Gasteiger partial charge in [0.1, 0.15) is 5.56 Å². The number of fused-ring (bicyclic) bond motifs is 2. The molecule has 1 aliphatic rings. The summed E-state index contributed by atoms with van der Waals surface area (Å²) in [5.74, 6) is -1.83. The minimum Gasteiger partial charge on any atom is -0.289 e. The molecule has 0 spiro atoms. The van der Waals surface area contributed by atoms with E-state index in [1.807, 2.05) is 0 Å². The Balaban J connectivity index is 2.51. The third kappa shape index (κ3) is 2.14. The Morgan fingerprint density at radius 2 is 1.20 bits per heavy atom. The molecule has 0 atom stereocenters. The van der Waals surface area contributed by atoms with Crippen molar-refractivity contribution >= 4 is 28.6 Å². The number of hydrogen-bond acceptors (Lipinski definition) is 8. The topological polar surface area (TPSA) is 164 Å². The van der Waals surface area contributed by atoms with Gasteiger partial charge in [0.2, 0.25) is 5.78 Å². The van der Waals surface area contributed by atoms with E-state index < -0.39 is 54.5 Å². The number of ketones is 2. The first-order valence-corrected chi connectivity index (χ1v) is 6.58. The molecule has 0 saturated heterocycles. The second kappa shape index (κ2) is 5.26. The molecule has 0 heterocycles. The van der Waals surface area contributed by atoms with Gasteiger partial charge in [-0.1, -0.05) is 24.3 Å². The van der Waals surface area contributed by atoms with Crippen LogP contribution >= 0.6 is 0 Å². The van der Waals surface area contributed by atoms with Gasteiger partial charge in [-0.05, 0) is 0 Å². The molecule has 25 heavy (non-hydrogen) atoms. The summed E-state index contributed by atoms with van der Waals surface area (Å²) in [7, 11) is 0. The Hall–Kier alpha value is -4.02. The number of nitro benzene ring substituents is 3. The number of carbonyl (C=O) groups is 2. The van der Waals surface area contributed by atoms with Gasteiger partial charge in [-0.3, -0.25) is 39.9 Å². The maximum absolute atomic E-state index is 12.6. The van der Waals surface area contributed by atoms with Gasteiger partial charge in [-0.15, -0.1) is 0 Å². The smallest absolute Gasteiger partial charge is 0.289 e. The molecule has 2 aromatic rings. The van der Waals surface area contributed by atoms with E-state index >= 15 is 0 Å². The molecule has 0 amide bonds. The van der Waals surface area contributed by atoms with Gasteiger partial charge in [0, 0.05) is 22.8 Å². The predicted molar refractivity (Wildman–Crippen MR) is 79.7 cm³/mol. The van der Waals surface area contributed by atoms with Crippen molar-refractivity contribution in [3.05, 3.63) is 82.9 Å². The van der Waals surface area contributed by atoms with Crippen LogP contribution in [0.4, 0.5) is 17.1 Å². The quantitative estimate of drug-likeness (QED) is 0.515. The number of nitro groups is 3. The number of benzene rings is 2. The monoisotopic (exact) mass is 343 g/mol. The number of rotatable bonds is 3. The van der Waals surface area contributed by atoms with E-state index in [0.29, 0.717) is 6.07 Å². The lowest BCUT2D eigenvalue weighted by Gasteiger charge is -2.16. The largest absolute Gasteiger partial charge is 0.423 e. The van der Waals surface area contributed by atoms with Crippen LogP contribution in [0, 0.1) is 30.3 Å². The van der Waals surface area contributed by atoms with Crippen LogP contribution in [-0.2, 0) is 0 Å². The van der Waals surface area contributed by atoms with Crippen molar-refractivity contribution in [3.8, 4) is 0 Å². The Kier molecular flexibility index (Phi) is 3.34. The van der Waals surface area contributed by atoms with Crippen LogP contribution in [0.25, 0.3) is 0 Å². The lowest BCUT2D eigenvalue weighted by molar-refractivity contribution is -0.441. The second-order valence-corrected chi connectivity index (χ2v) is 4.99. The lowest BCUT2D eigenvalue weighted by atomic mass is 9.82. The first-order valence-electron chi connectivity index (χ1n) is 6.58. The Morgan fingerprint density at radius 3 is 1.68 bits per heavy atom. The van der Waals surface area contributed by atoms with Crippen molar-refractivity contribution in [1.82, 2.24) is 0 Å². The third-order valence-corrected chi connectivity index (χ3v) is 3.70. The van der Waals surface area contributed by atoms with Gasteiger partial charge in [0.05, 0.1) is 14.8 Å². The summed E-state index contributed by atoms with van der Waals surface area (Å²) < 4.78 is 0. The molecule has 0 saturated carbocycles. The Labute approximate surface area is 136 Å². The van der Waals surface area contributed by atoms with E-state index in [2.05, 4.69) is 0 Å². The fraction of sp³-hybridized carbons (Fsp3) is 0. The maximum Gasteiger partial charge on any atom is 0.423 e. The maximum atomic E-state index is 12.6. The van der Waals surface area contributed by atoms with Gasteiger partial charge in [0.15, 0.2) is 5.78 Å². The van der Waals surface area contributed by atoms with Gasteiger partial charge in [0.25, 0.3) is 0 Å². The van der Waals surface area contributed by atoms with Crippen LogP contribution in [0.2, 0.25) is 0 Å². The highest BCUT2D eigenvalue weighted by molar-refractivity contribution is 6.30. The van der Waals surface area contributed by atoms with E-state index in [1.165, 1.54) is 24.3 Å². The summed E-state index contributed by atoms with van der Waals surface area (Å²) in [6, 6.07) is 5.94. The zero-order chi connectivity index (χ0) is 18.5. The molecule has 3 rings (SSSR count). The predicted octanol–water partition coefficient (Wildman–Crippen LogP) is 2.19. The molecular weight excluding hydrogens is 338 g/mol. The first-order chi connectivity index (χ1) is 11.8. The first kappa shape index (κ1) is 15.9. The zero-order valence-corrected chi connectivity index (χ0v) is 12.0. The fourth-order valence-electron chi connectivity index (χ4n) is 2.71. The molecule has 1 aliphatic carbocycles. The van der Waals surface area contributed by atoms with Gasteiger partial charge < -0.3 is 0 Å². The Bertz CT molecular complexity index is 1030. The summed E-state index contributed by atoms with van der Waals surface area (Å²) in [6.07, 6.45) is 0. The van der Waals surface area contributed by atoms with Crippen LogP contribution in [0.15, 0.2) is 30.3 Å². The van der Waals surface area contributed by atoms with Crippen molar-refractivity contribution in [2.75, 3.05) is 0 Å². The molecule has 0 fully saturated rings. The Morgan fingerprint density at radius 1 is 0.680 bits per heavy atom. The van der Waals surface area contributed by atoms with Crippen LogP contribution in [-0.4, -0.2) is 26.3 Å². The normalized spacial score (nSPS) is 12.3. The van der Waals surface area contributed by atoms with Gasteiger partial charge in [-0.25, -0.2) is 0 Å². The molecule has 0 radical (unpaired) electrons. The summed E-state index contributed by atoms with van der Waals surface area (Å²) >= 11 is 0. The highest BCUT2D eigenvalue weighted by Gasteiger charge is 2.46.